The van der Waals surface area contributed by atoms with Crippen molar-refractivity contribution in [2.45, 2.75) is 40.4 Å². The molecule has 0 aromatic carbocycles. The number of hydrogen-bond donors (Lipinski definition) is 0. The minimum absolute atomic E-state index is 0.206. The van der Waals surface area contributed by atoms with Crippen LogP contribution in [-0.2, 0) is 4.79 Å². The zero-order valence-corrected chi connectivity index (χ0v) is 12.4. The van der Waals surface area contributed by atoms with Crippen LogP contribution in [0.2, 0.25) is 19.6 Å². The Morgan fingerprint density at radius 3 is 1.67 bits per heavy atom. The van der Waals surface area contributed by atoms with Gasteiger partial charge in [0.25, 0.3) is 0 Å². The van der Waals surface area contributed by atoms with Crippen molar-refractivity contribution in [3.05, 3.63) is 0 Å². The van der Waals surface area contributed by atoms with Crippen molar-refractivity contribution in [2.24, 2.45) is 5.41 Å². The highest BCUT2D eigenvalue weighted by atomic mass is 28.4. The molecule has 0 aromatic heterocycles. The van der Waals surface area contributed by atoms with E-state index in [9.17, 15) is 4.79 Å². The molecule has 0 N–H and O–H groups in total. The number of amides is 1. The lowest BCUT2D eigenvalue weighted by Crippen LogP contribution is -2.52. The van der Waals surface area contributed by atoms with Crippen LogP contribution in [-0.4, -0.2) is 28.8 Å². The zero-order valence-electron chi connectivity index (χ0n) is 9.36. The van der Waals surface area contributed by atoms with Crippen LogP contribution < -0.4 is 0 Å². The van der Waals surface area contributed by atoms with Gasteiger partial charge in [0, 0.05) is 5.41 Å². The number of nitrogens with zero attached hydrogens (tertiary/aromatic N) is 1. The Morgan fingerprint density at radius 2 is 1.58 bits per heavy atom. The third kappa shape index (κ3) is 3.10. The molecule has 0 aliphatic carbocycles. The van der Waals surface area contributed by atoms with E-state index in [1.165, 1.54) is 0 Å². The quantitative estimate of drug-likeness (QED) is 0.582. The summed E-state index contributed by atoms with van der Waals surface area (Å²) in [6.07, 6.45) is 0. The summed E-state index contributed by atoms with van der Waals surface area (Å²) >= 11 is 0. The molecule has 0 fully saturated rings. The van der Waals surface area contributed by atoms with Gasteiger partial charge in [0.15, 0.2) is 0 Å². The standard InChI is InChI=1S/C8H21NOSi2/c1-8(2,3)7(10)9(11)12(4,5)6/h1-6,11H3. The maximum absolute atomic E-state index is 11.8. The lowest BCUT2D eigenvalue weighted by molar-refractivity contribution is -0.131. The molecule has 0 saturated heterocycles. The van der Waals surface area contributed by atoms with Gasteiger partial charge in [-0.05, 0) is 0 Å². The van der Waals surface area contributed by atoms with Gasteiger partial charge in [0.1, 0.15) is 18.6 Å². The summed E-state index contributed by atoms with van der Waals surface area (Å²) in [4.78, 5) is 11.8. The van der Waals surface area contributed by atoms with Crippen molar-refractivity contribution in [3.63, 3.8) is 0 Å². The van der Waals surface area contributed by atoms with Gasteiger partial charge in [-0.25, -0.2) is 0 Å². The Morgan fingerprint density at radius 1 is 1.25 bits per heavy atom. The number of rotatable bonds is 1. The Bertz CT molecular complexity index is 178. The molecule has 0 atom stereocenters. The molecule has 2 nitrogen and oxygen atoms in total. The fourth-order valence-electron chi connectivity index (χ4n) is 0.808. The molecule has 4 heteroatoms. The largest absolute Gasteiger partial charge is 0.403 e. The molecule has 0 unspecified atom stereocenters. The highest BCUT2D eigenvalue weighted by molar-refractivity contribution is 6.79. The second-order valence-corrected chi connectivity index (χ2v) is 12.1. The van der Waals surface area contributed by atoms with E-state index in [1.807, 2.05) is 20.8 Å². The van der Waals surface area contributed by atoms with Crippen molar-refractivity contribution in [2.75, 3.05) is 0 Å². The molecule has 0 rings (SSSR count). The number of hydrogen-bond acceptors (Lipinski definition) is 1. The second kappa shape index (κ2) is 3.34. The molecule has 72 valence electrons. The van der Waals surface area contributed by atoms with Gasteiger partial charge in [-0.1, -0.05) is 40.4 Å². The lowest BCUT2D eigenvalue weighted by Gasteiger charge is -2.35. The van der Waals surface area contributed by atoms with E-state index >= 15 is 0 Å². The van der Waals surface area contributed by atoms with Crippen LogP contribution in [0.25, 0.3) is 0 Å². The normalized spacial score (nSPS) is 13.2. The van der Waals surface area contributed by atoms with Crippen molar-refractivity contribution in [1.82, 2.24) is 4.23 Å². The topological polar surface area (TPSA) is 20.3 Å². The van der Waals surface area contributed by atoms with E-state index in [0.29, 0.717) is 5.91 Å². The molecule has 0 saturated carbocycles. The van der Waals surface area contributed by atoms with Gasteiger partial charge in [-0.15, -0.1) is 0 Å². The van der Waals surface area contributed by atoms with Crippen molar-refractivity contribution in [1.29, 1.82) is 0 Å². The maximum atomic E-state index is 11.8. The Labute approximate surface area is 79.9 Å². The summed E-state index contributed by atoms with van der Waals surface area (Å²) in [7, 11) is -0.530. The summed E-state index contributed by atoms with van der Waals surface area (Å²) in [5.74, 6) is 0.313. The Balaban J connectivity index is 4.53. The molecule has 0 heterocycles. The molecular formula is C8H21NOSi2. The average Bonchev–Trinajstić information content (AvgIpc) is 1.80. The highest BCUT2D eigenvalue weighted by Gasteiger charge is 2.31. The Kier molecular flexibility index (Phi) is 3.31. The van der Waals surface area contributed by atoms with Gasteiger partial charge < -0.3 is 4.23 Å². The van der Waals surface area contributed by atoms with Crippen molar-refractivity contribution in [3.8, 4) is 0 Å². The molecule has 1 amide bonds. The molecule has 0 aliphatic heterocycles. The van der Waals surface area contributed by atoms with Gasteiger partial charge in [-0.3, -0.25) is 4.79 Å². The predicted molar refractivity (Wildman–Crippen MR) is 59.6 cm³/mol. The molecule has 0 radical (unpaired) electrons. The molecule has 12 heavy (non-hydrogen) atoms. The van der Waals surface area contributed by atoms with E-state index in [2.05, 4.69) is 23.9 Å². The first-order chi connectivity index (χ1) is 5.07. The summed E-state index contributed by atoms with van der Waals surface area (Å²) in [6, 6.07) is 0. The molecule has 0 aromatic rings. The fourth-order valence-corrected chi connectivity index (χ4v) is 2.42. The minimum atomic E-state index is -1.39. The van der Waals surface area contributed by atoms with E-state index < -0.39 is 8.24 Å². The first-order valence-electron chi connectivity index (χ1n) is 4.35. The fraction of sp³-hybridized carbons (Fsp3) is 0.875. The Hall–Kier alpha value is -0.0962. The smallest absolute Gasteiger partial charge is 0.211 e. The van der Waals surface area contributed by atoms with E-state index in [4.69, 9.17) is 0 Å². The first-order valence-corrected chi connectivity index (χ1v) is 8.69. The third-order valence-electron chi connectivity index (χ3n) is 1.95. The van der Waals surface area contributed by atoms with Crippen LogP contribution in [0.5, 0.6) is 0 Å². The highest BCUT2D eigenvalue weighted by Crippen LogP contribution is 2.19. The number of carbonyl (C=O) groups excluding carboxylic acids is 1. The van der Waals surface area contributed by atoms with Crippen LogP contribution in [0.3, 0.4) is 0 Å². The summed E-state index contributed by atoms with van der Waals surface area (Å²) < 4.78 is 2.08. The van der Waals surface area contributed by atoms with Crippen molar-refractivity contribution < 1.29 is 4.79 Å². The summed E-state index contributed by atoms with van der Waals surface area (Å²) in [5, 5.41) is 0. The van der Waals surface area contributed by atoms with Crippen LogP contribution in [0.15, 0.2) is 0 Å². The van der Waals surface area contributed by atoms with E-state index in [1.54, 1.807) is 0 Å². The summed E-state index contributed by atoms with van der Waals surface area (Å²) in [6.45, 7) is 12.6. The van der Waals surface area contributed by atoms with Crippen molar-refractivity contribution >= 4 is 24.5 Å². The van der Waals surface area contributed by atoms with Crippen LogP contribution in [0.4, 0.5) is 0 Å². The van der Waals surface area contributed by atoms with Gasteiger partial charge in [0.05, 0.1) is 0 Å². The average molecular weight is 203 g/mol. The maximum Gasteiger partial charge on any atom is 0.211 e. The van der Waals surface area contributed by atoms with Crippen LogP contribution in [0, 0.1) is 5.41 Å². The first kappa shape index (κ1) is 11.9. The lowest BCUT2D eigenvalue weighted by atomic mass is 9.96. The van der Waals surface area contributed by atoms with E-state index in [-0.39, 0.29) is 5.41 Å². The third-order valence-corrected chi connectivity index (χ3v) is 8.60. The van der Waals surface area contributed by atoms with Crippen LogP contribution in [0.1, 0.15) is 20.8 Å². The van der Waals surface area contributed by atoms with Gasteiger partial charge >= 0.3 is 0 Å². The minimum Gasteiger partial charge on any atom is -0.403 e. The molecule has 0 bridgehead atoms. The monoisotopic (exact) mass is 203 g/mol. The molecule has 0 spiro atoms. The molecule has 0 aliphatic rings. The number of carbonyl (C=O) groups is 1. The van der Waals surface area contributed by atoms with E-state index in [0.717, 1.165) is 10.4 Å². The predicted octanol–water partition coefficient (Wildman–Crippen LogP) is 0.976. The van der Waals surface area contributed by atoms with Gasteiger partial charge in [-0.2, -0.15) is 0 Å². The summed E-state index contributed by atoms with van der Waals surface area (Å²) in [5.41, 5.74) is -0.206. The molecular weight excluding hydrogens is 182 g/mol. The van der Waals surface area contributed by atoms with Crippen LogP contribution >= 0.6 is 0 Å². The second-order valence-electron chi connectivity index (χ2n) is 5.28. The zero-order chi connectivity index (χ0) is 10.2. The SMILES string of the molecule is CC(C)(C)C(=O)N([SiH3])[Si](C)(C)C. The van der Waals surface area contributed by atoms with Gasteiger partial charge in [0.2, 0.25) is 5.91 Å².